The van der Waals surface area contributed by atoms with Crippen LogP contribution >= 0.6 is 0 Å². The number of aromatic amines is 1. The summed E-state index contributed by atoms with van der Waals surface area (Å²) in [5, 5.41) is 2.47. The summed E-state index contributed by atoms with van der Waals surface area (Å²) in [6.45, 7) is 5.14. The molecule has 5 rings (SSSR count). The highest BCUT2D eigenvalue weighted by atomic mass is 16.2. The summed E-state index contributed by atoms with van der Waals surface area (Å²) in [6.07, 6.45) is 1.49. The predicted molar refractivity (Wildman–Crippen MR) is 141 cm³/mol. The Hall–Kier alpha value is -4.00. The van der Waals surface area contributed by atoms with E-state index < -0.39 is 0 Å². The van der Waals surface area contributed by atoms with Gasteiger partial charge in [-0.1, -0.05) is 48.5 Å². The van der Waals surface area contributed by atoms with Crippen molar-refractivity contribution in [3.63, 3.8) is 0 Å². The van der Waals surface area contributed by atoms with Crippen molar-refractivity contribution in [2.24, 2.45) is 5.92 Å². The third kappa shape index (κ3) is 4.61. The molecule has 184 valence electrons. The van der Waals surface area contributed by atoms with Crippen LogP contribution in [0.3, 0.4) is 0 Å². The largest absolute Gasteiger partial charge is 0.338 e. The van der Waals surface area contributed by atoms with E-state index in [1.165, 1.54) is 0 Å². The molecule has 4 aromatic rings. The van der Waals surface area contributed by atoms with E-state index in [2.05, 4.69) is 9.97 Å². The molecule has 0 saturated carbocycles. The Labute approximate surface area is 209 Å². The van der Waals surface area contributed by atoms with Crippen molar-refractivity contribution in [1.29, 1.82) is 0 Å². The Morgan fingerprint density at radius 3 is 2.56 bits per heavy atom. The number of amides is 2. The van der Waals surface area contributed by atoms with Crippen LogP contribution in [0, 0.1) is 5.92 Å². The zero-order valence-electron chi connectivity index (χ0n) is 20.6. The molecule has 1 fully saturated rings. The molecule has 1 unspecified atom stereocenters. The maximum atomic E-state index is 13.7. The van der Waals surface area contributed by atoms with E-state index in [0.717, 1.165) is 23.6 Å². The third-order valence-electron chi connectivity index (χ3n) is 6.97. The lowest BCUT2D eigenvalue weighted by molar-refractivity contribution is -0.139. The number of likely N-dealkylation sites (tertiary alicyclic amines) is 1. The number of aromatic nitrogens is 2. The van der Waals surface area contributed by atoms with E-state index in [-0.39, 0.29) is 35.9 Å². The third-order valence-corrected chi connectivity index (χ3v) is 6.97. The molecule has 1 atom stereocenters. The van der Waals surface area contributed by atoms with Crippen molar-refractivity contribution in [3.8, 4) is 0 Å². The molecule has 36 heavy (non-hydrogen) atoms. The number of carbonyl (C=O) groups excluding carboxylic acids is 2. The molecule has 2 heterocycles. The number of nitrogens with one attached hydrogen (secondary N) is 1. The molecular weight excluding hydrogens is 452 g/mol. The number of H-pyrrole nitrogens is 1. The number of piperidine rings is 1. The number of carbonyl (C=O) groups is 2. The molecule has 1 aliphatic rings. The van der Waals surface area contributed by atoms with Crippen LogP contribution in [0.5, 0.6) is 0 Å². The lowest BCUT2D eigenvalue weighted by Gasteiger charge is -2.36. The normalized spacial score (nSPS) is 16.0. The van der Waals surface area contributed by atoms with Crippen molar-refractivity contribution in [1.82, 2.24) is 19.8 Å². The number of hydrogen-bond acceptors (Lipinski definition) is 4. The standard InChI is InChI=1S/C29H30N4O3/c1-19(2)33(18-26-30-25-15-6-5-13-24(25)27(34)31-26)28(35)21-11-8-16-32(17-21)29(36)23-14-7-10-20-9-3-4-12-22(20)23/h3-7,9-10,12-15,19,21H,8,11,16-18H2,1-2H3,(H,30,31,34). The van der Waals surface area contributed by atoms with Gasteiger partial charge >= 0.3 is 0 Å². The fourth-order valence-electron chi connectivity index (χ4n) is 5.07. The van der Waals surface area contributed by atoms with Gasteiger partial charge in [0.1, 0.15) is 5.82 Å². The van der Waals surface area contributed by atoms with E-state index in [1.54, 1.807) is 23.1 Å². The van der Waals surface area contributed by atoms with Crippen LogP contribution in [0.15, 0.2) is 71.5 Å². The van der Waals surface area contributed by atoms with Gasteiger partial charge in [0, 0.05) is 24.7 Å². The average Bonchev–Trinajstić information content (AvgIpc) is 2.90. The van der Waals surface area contributed by atoms with Crippen molar-refractivity contribution in [2.45, 2.75) is 39.3 Å². The second kappa shape index (κ2) is 9.93. The first-order chi connectivity index (χ1) is 17.4. The second-order valence-electron chi connectivity index (χ2n) is 9.71. The van der Waals surface area contributed by atoms with Gasteiger partial charge in [-0.25, -0.2) is 4.98 Å². The fraction of sp³-hybridized carbons (Fsp3) is 0.310. The summed E-state index contributed by atoms with van der Waals surface area (Å²) >= 11 is 0. The molecule has 1 N–H and O–H groups in total. The summed E-state index contributed by atoms with van der Waals surface area (Å²) in [4.78, 5) is 50.7. The summed E-state index contributed by atoms with van der Waals surface area (Å²) in [5.41, 5.74) is 1.06. The van der Waals surface area contributed by atoms with Crippen LogP contribution in [0.2, 0.25) is 0 Å². The number of fused-ring (bicyclic) bond motifs is 2. The first-order valence-electron chi connectivity index (χ1n) is 12.5. The van der Waals surface area contributed by atoms with E-state index in [4.69, 9.17) is 0 Å². The van der Waals surface area contributed by atoms with Gasteiger partial charge in [0.2, 0.25) is 5.91 Å². The Bertz CT molecular complexity index is 1490. The number of benzene rings is 3. The summed E-state index contributed by atoms with van der Waals surface area (Å²) in [6, 6.07) is 20.7. The summed E-state index contributed by atoms with van der Waals surface area (Å²) < 4.78 is 0. The number of hydrogen-bond donors (Lipinski definition) is 1. The van der Waals surface area contributed by atoms with Gasteiger partial charge in [-0.15, -0.1) is 0 Å². The Kier molecular flexibility index (Phi) is 6.55. The van der Waals surface area contributed by atoms with Gasteiger partial charge in [-0.05, 0) is 55.7 Å². The molecule has 1 aromatic heterocycles. The van der Waals surface area contributed by atoms with E-state index in [9.17, 15) is 14.4 Å². The van der Waals surface area contributed by atoms with Gasteiger partial charge in [-0.2, -0.15) is 0 Å². The molecule has 0 spiro atoms. The Morgan fingerprint density at radius 1 is 1.03 bits per heavy atom. The van der Waals surface area contributed by atoms with Crippen molar-refractivity contribution >= 4 is 33.5 Å². The maximum absolute atomic E-state index is 13.7. The van der Waals surface area contributed by atoms with Gasteiger partial charge in [-0.3, -0.25) is 14.4 Å². The second-order valence-corrected chi connectivity index (χ2v) is 9.71. The zero-order chi connectivity index (χ0) is 25.2. The smallest absolute Gasteiger partial charge is 0.258 e. The highest BCUT2D eigenvalue weighted by molar-refractivity contribution is 6.07. The zero-order valence-corrected chi connectivity index (χ0v) is 20.6. The molecule has 0 radical (unpaired) electrons. The first-order valence-corrected chi connectivity index (χ1v) is 12.5. The molecular formula is C29H30N4O3. The highest BCUT2D eigenvalue weighted by Gasteiger charge is 2.33. The van der Waals surface area contributed by atoms with Gasteiger partial charge < -0.3 is 14.8 Å². The minimum atomic E-state index is -0.299. The van der Waals surface area contributed by atoms with Crippen molar-refractivity contribution in [2.75, 3.05) is 13.1 Å². The monoisotopic (exact) mass is 482 g/mol. The minimum absolute atomic E-state index is 0.0174. The van der Waals surface area contributed by atoms with Crippen LogP contribution in [-0.2, 0) is 11.3 Å². The lowest BCUT2D eigenvalue weighted by atomic mass is 9.94. The van der Waals surface area contributed by atoms with Crippen LogP contribution in [-0.4, -0.2) is 50.7 Å². The molecule has 7 nitrogen and oxygen atoms in total. The molecule has 1 aliphatic heterocycles. The average molecular weight is 483 g/mol. The molecule has 2 amide bonds. The number of nitrogens with zero attached hydrogens (tertiary/aromatic N) is 3. The maximum Gasteiger partial charge on any atom is 0.258 e. The van der Waals surface area contributed by atoms with E-state index in [1.807, 2.05) is 67.3 Å². The molecule has 0 aliphatic carbocycles. The van der Waals surface area contributed by atoms with E-state index >= 15 is 0 Å². The molecule has 7 heteroatoms. The van der Waals surface area contributed by atoms with Gasteiger partial charge in [0.25, 0.3) is 11.5 Å². The molecule has 1 saturated heterocycles. The van der Waals surface area contributed by atoms with Crippen molar-refractivity contribution in [3.05, 3.63) is 88.5 Å². The highest BCUT2D eigenvalue weighted by Crippen LogP contribution is 2.25. The fourth-order valence-corrected chi connectivity index (χ4v) is 5.07. The van der Waals surface area contributed by atoms with Crippen LogP contribution in [0.1, 0.15) is 42.9 Å². The Morgan fingerprint density at radius 2 is 1.75 bits per heavy atom. The summed E-state index contributed by atoms with van der Waals surface area (Å²) in [5.74, 6) is 0.102. The van der Waals surface area contributed by atoms with Crippen LogP contribution in [0.4, 0.5) is 0 Å². The van der Waals surface area contributed by atoms with Crippen LogP contribution < -0.4 is 5.56 Å². The summed E-state index contributed by atoms with van der Waals surface area (Å²) in [7, 11) is 0. The predicted octanol–water partition coefficient (Wildman–Crippen LogP) is 4.37. The number of rotatable bonds is 5. The Balaban J connectivity index is 1.36. The lowest BCUT2D eigenvalue weighted by Crippen LogP contribution is -2.48. The van der Waals surface area contributed by atoms with Crippen molar-refractivity contribution < 1.29 is 9.59 Å². The van der Waals surface area contributed by atoms with Crippen LogP contribution in [0.25, 0.3) is 21.7 Å². The SMILES string of the molecule is CC(C)N(Cc1nc2ccccc2c(=O)[nH]1)C(=O)C1CCCN(C(=O)c2cccc3ccccc23)C1. The quantitative estimate of drug-likeness (QED) is 0.458. The van der Waals surface area contributed by atoms with Gasteiger partial charge in [0.05, 0.1) is 23.4 Å². The molecule has 0 bridgehead atoms. The minimum Gasteiger partial charge on any atom is -0.338 e. The van der Waals surface area contributed by atoms with Gasteiger partial charge in [0.15, 0.2) is 0 Å². The van der Waals surface area contributed by atoms with E-state index in [0.29, 0.717) is 35.4 Å². The topological polar surface area (TPSA) is 86.4 Å². The first kappa shape index (κ1) is 23.7. The number of para-hydroxylation sites is 1. The molecule has 3 aromatic carbocycles.